The van der Waals surface area contributed by atoms with Crippen LogP contribution in [-0.2, 0) is 0 Å². The van der Waals surface area contributed by atoms with Crippen LogP contribution in [-0.4, -0.2) is 5.11 Å². The second kappa shape index (κ2) is 4.85. The molecule has 1 heterocycles. The van der Waals surface area contributed by atoms with Gasteiger partial charge in [0.1, 0.15) is 0 Å². The average molecular weight is 205 g/mol. The number of hydrogen-bond acceptors (Lipinski definition) is 2. The minimum absolute atomic E-state index is 0.317. The fraction of sp³-hybridized carbons (Fsp3) is 0.556. The molecule has 0 amide bonds. The van der Waals surface area contributed by atoms with Crippen LogP contribution in [0.5, 0.6) is 0 Å². The van der Waals surface area contributed by atoms with E-state index >= 15 is 0 Å². The molecule has 1 aromatic heterocycles. The molecule has 0 radical (unpaired) electrons. The van der Waals surface area contributed by atoms with Gasteiger partial charge in [0.15, 0.2) is 0 Å². The van der Waals surface area contributed by atoms with Crippen molar-refractivity contribution in [2.45, 2.75) is 32.3 Å². The molecule has 0 aliphatic carbocycles. The maximum atomic E-state index is 9.62. The van der Waals surface area contributed by atoms with E-state index in [-0.39, 0.29) is 6.10 Å². The van der Waals surface area contributed by atoms with Gasteiger partial charge in [-0.25, -0.2) is 0 Å². The number of hydrogen-bond donors (Lipinski definition) is 1. The second-order valence-electron chi connectivity index (χ2n) is 2.80. The number of unbranched alkanes of at least 4 members (excludes halogenated alkanes) is 1. The Morgan fingerprint density at radius 1 is 1.58 bits per heavy atom. The molecule has 12 heavy (non-hydrogen) atoms. The quantitative estimate of drug-likeness (QED) is 0.794. The highest BCUT2D eigenvalue weighted by atomic mass is 35.5. The SMILES string of the molecule is CCCCC(O)c1ccc(Cl)s1. The number of aliphatic hydroxyl groups is 1. The van der Waals surface area contributed by atoms with Gasteiger partial charge in [-0.1, -0.05) is 31.4 Å². The monoisotopic (exact) mass is 204 g/mol. The van der Waals surface area contributed by atoms with Crippen molar-refractivity contribution in [3.63, 3.8) is 0 Å². The smallest absolute Gasteiger partial charge is 0.0932 e. The molecular weight excluding hydrogens is 192 g/mol. The molecule has 0 fully saturated rings. The van der Waals surface area contributed by atoms with Gasteiger partial charge < -0.3 is 5.11 Å². The van der Waals surface area contributed by atoms with Gasteiger partial charge in [0.25, 0.3) is 0 Å². The number of thiophene rings is 1. The summed E-state index contributed by atoms with van der Waals surface area (Å²) in [4.78, 5) is 0.980. The van der Waals surface area contributed by atoms with Gasteiger partial charge in [-0.3, -0.25) is 0 Å². The Hall–Kier alpha value is -0.0500. The van der Waals surface area contributed by atoms with Crippen LogP contribution in [0, 0.1) is 0 Å². The Labute approximate surface area is 82.0 Å². The Balaban J connectivity index is 2.47. The molecule has 1 rings (SSSR count). The van der Waals surface area contributed by atoms with Gasteiger partial charge in [0.05, 0.1) is 10.4 Å². The summed E-state index contributed by atoms with van der Waals surface area (Å²) >= 11 is 7.21. The molecule has 0 spiro atoms. The first-order valence-electron chi connectivity index (χ1n) is 4.17. The molecule has 0 saturated carbocycles. The maximum absolute atomic E-state index is 9.62. The zero-order valence-electron chi connectivity index (χ0n) is 7.09. The lowest BCUT2D eigenvalue weighted by molar-refractivity contribution is 0.168. The normalized spacial score (nSPS) is 13.2. The van der Waals surface area contributed by atoms with Crippen molar-refractivity contribution in [2.75, 3.05) is 0 Å². The lowest BCUT2D eigenvalue weighted by atomic mass is 10.1. The van der Waals surface area contributed by atoms with Crippen molar-refractivity contribution in [1.82, 2.24) is 0 Å². The van der Waals surface area contributed by atoms with Crippen LogP contribution in [0.1, 0.15) is 37.2 Å². The molecule has 68 valence electrons. The van der Waals surface area contributed by atoms with Crippen LogP contribution in [0.3, 0.4) is 0 Å². The molecule has 0 aliphatic rings. The topological polar surface area (TPSA) is 20.2 Å². The van der Waals surface area contributed by atoms with Gasteiger partial charge in [-0.05, 0) is 18.6 Å². The van der Waals surface area contributed by atoms with Crippen LogP contribution in [0.15, 0.2) is 12.1 Å². The fourth-order valence-corrected chi connectivity index (χ4v) is 2.13. The Kier molecular flexibility index (Phi) is 4.06. The summed E-state index contributed by atoms with van der Waals surface area (Å²) in [6, 6.07) is 3.73. The third-order valence-electron chi connectivity index (χ3n) is 1.75. The van der Waals surface area contributed by atoms with Crippen LogP contribution in [0.2, 0.25) is 4.34 Å². The summed E-state index contributed by atoms with van der Waals surface area (Å²) in [5.41, 5.74) is 0. The minimum atomic E-state index is -0.317. The zero-order valence-corrected chi connectivity index (χ0v) is 8.66. The van der Waals surface area contributed by atoms with Gasteiger partial charge >= 0.3 is 0 Å². The average Bonchev–Trinajstić information content (AvgIpc) is 2.47. The van der Waals surface area contributed by atoms with E-state index in [4.69, 9.17) is 11.6 Å². The molecule has 0 saturated heterocycles. The van der Waals surface area contributed by atoms with Crippen molar-refractivity contribution in [3.8, 4) is 0 Å². The highest BCUT2D eigenvalue weighted by Gasteiger charge is 2.08. The summed E-state index contributed by atoms with van der Waals surface area (Å²) in [5, 5.41) is 9.62. The lowest BCUT2D eigenvalue weighted by Gasteiger charge is -2.05. The summed E-state index contributed by atoms with van der Waals surface area (Å²) in [5.74, 6) is 0. The van der Waals surface area contributed by atoms with Gasteiger partial charge in [0, 0.05) is 4.88 Å². The van der Waals surface area contributed by atoms with E-state index in [9.17, 15) is 5.11 Å². The van der Waals surface area contributed by atoms with E-state index in [1.54, 1.807) is 0 Å². The largest absolute Gasteiger partial charge is 0.388 e. The van der Waals surface area contributed by atoms with Gasteiger partial charge in [0.2, 0.25) is 0 Å². The molecule has 0 aromatic carbocycles. The third kappa shape index (κ3) is 2.77. The summed E-state index contributed by atoms with van der Waals surface area (Å²) in [6.45, 7) is 2.12. The van der Waals surface area contributed by atoms with Crippen molar-refractivity contribution in [1.29, 1.82) is 0 Å². The molecule has 1 nitrogen and oxygen atoms in total. The molecule has 0 aliphatic heterocycles. The number of aliphatic hydroxyl groups excluding tert-OH is 1. The van der Waals surface area contributed by atoms with Crippen LogP contribution in [0.25, 0.3) is 0 Å². The predicted molar refractivity (Wildman–Crippen MR) is 53.8 cm³/mol. The lowest BCUT2D eigenvalue weighted by Crippen LogP contribution is -1.93. The summed E-state index contributed by atoms with van der Waals surface area (Å²) in [7, 11) is 0. The summed E-state index contributed by atoms with van der Waals surface area (Å²) in [6.07, 6.45) is 2.71. The maximum Gasteiger partial charge on any atom is 0.0932 e. The second-order valence-corrected chi connectivity index (χ2v) is 4.55. The van der Waals surface area contributed by atoms with Crippen LogP contribution < -0.4 is 0 Å². The first-order valence-corrected chi connectivity index (χ1v) is 5.36. The molecule has 1 N–H and O–H groups in total. The van der Waals surface area contributed by atoms with Gasteiger partial charge in [-0.15, -0.1) is 11.3 Å². The molecule has 3 heteroatoms. The van der Waals surface area contributed by atoms with Gasteiger partial charge in [-0.2, -0.15) is 0 Å². The molecule has 1 aromatic rings. The van der Waals surface area contributed by atoms with Crippen molar-refractivity contribution in [2.24, 2.45) is 0 Å². The fourth-order valence-electron chi connectivity index (χ4n) is 1.05. The van der Waals surface area contributed by atoms with E-state index in [0.717, 1.165) is 28.5 Å². The molecule has 1 unspecified atom stereocenters. The van der Waals surface area contributed by atoms with E-state index in [1.165, 1.54) is 11.3 Å². The predicted octanol–water partition coefficient (Wildman–Crippen LogP) is 3.63. The van der Waals surface area contributed by atoms with E-state index in [1.807, 2.05) is 12.1 Å². The van der Waals surface area contributed by atoms with Crippen LogP contribution in [0.4, 0.5) is 0 Å². The first kappa shape index (κ1) is 10.0. The highest BCUT2D eigenvalue weighted by molar-refractivity contribution is 7.16. The highest BCUT2D eigenvalue weighted by Crippen LogP contribution is 2.29. The van der Waals surface area contributed by atoms with E-state index < -0.39 is 0 Å². The summed E-state index contributed by atoms with van der Waals surface area (Å²) < 4.78 is 0.751. The number of rotatable bonds is 4. The Morgan fingerprint density at radius 2 is 2.33 bits per heavy atom. The van der Waals surface area contributed by atoms with Crippen molar-refractivity contribution in [3.05, 3.63) is 21.3 Å². The molecule has 1 atom stereocenters. The first-order chi connectivity index (χ1) is 5.74. The standard InChI is InChI=1S/C9H13ClOS/c1-2-3-4-7(11)8-5-6-9(10)12-8/h5-7,11H,2-4H2,1H3. The Morgan fingerprint density at radius 3 is 2.83 bits per heavy atom. The molecular formula is C9H13ClOS. The Bertz CT molecular complexity index is 234. The molecule has 0 bridgehead atoms. The van der Waals surface area contributed by atoms with Crippen molar-refractivity contribution < 1.29 is 5.11 Å². The van der Waals surface area contributed by atoms with E-state index in [2.05, 4.69) is 6.92 Å². The van der Waals surface area contributed by atoms with E-state index in [0.29, 0.717) is 0 Å². The van der Waals surface area contributed by atoms with Crippen molar-refractivity contribution >= 4 is 22.9 Å². The van der Waals surface area contributed by atoms with Crippen LogP contribution >= 0.6 is 22.9 Å². The third-order valence-corrected chi connectivity index (χ3v) is 3.09. The zero-order chi connectivity index (χ0) is 8.97. The minimum Gasteiger partial charge on any atom is -0.388 e. The number of halogens is 1.